The van der Waals surface area contributed by atoms with Gasteiger partial charge >= 0.3 is 0 Å². The Morgan fingerprint density at radius 3 is 2.50 bits per heavy atom. The Morgan fingerprint density at radius 2 is 1.88 bits per heavy atom. The van der Waals surface area contributed by atoms with E-state index in [1.54, 1.807) is 42.6 Å². The lowest BCUT2D eigenvalue weighted by Crippen LogP contribution is -2.02. The van der Waals surface area contributed by atoms with Gasteiger partial charge in [-0.15, -0.1) is 0 Å². The minimum Gasteiger partial charge on any atom is -0.260 e. The zero-order valence-electron chi connectivity index (χ0n) is 8.47. The van der Waals surface area contributed by atoms with Gasteiger partial charge in [-0.25, -0.2) is 4.39 Å². The van der Waals surface area contributed by atoms with E-state index < -0.39 is 5.92 Å². The fraction of sp³-hybridized carbons (Fsp3) is 0.0769. The van der Waals surface area contributed by atoms with Crippen molar-refractivity contribution >= 4 is 0 Å². The number of rotatable bonds is 2. The lowest BCUT2D eigenvalue weighted by Gasteiger charge is -2.09. The van der Waals surface area contributed by atoms with E-state index in [1.165, 1.54) is 6.07 Å². The fourth-order valence-electron chi connectivity index (χ4n) is 1.55. The highest BCUT2D eigenvalue weighted by Gasteiger charge is 2.17. The maximum absolute atomic E-state index is 13.5. The van der Waals surface area contributed by atoms with Gasteiger partial charge in [-0.05, 0) is 18.2 Å². The molecule has 1 aromatic heterocycles. The first-order chi connectivity index (χ1) is 7.83. The number of hydrogen-bond acceptors (Lipinski definition) is 2. The van der Waals surface area contributed by atoms with E-state index >= 15 is 0 Å². The molecule has 2 nitrogen and oxygen atoms in total. The molecule has 2 rings (SSSR count). The molecule has 2 aromatic rings. The Labute approximate surface area is 93.0 Å². The first-order valence-electron chi connectivity index (χ1n) is 4.88. The lowest BCUT2D eigenvalue weighted by molar-refractivity contribution is 0.608. The summed E-state index contributed by atoms with van der Waals surface area (Å²) in [6.45, 7) is 0. The summed E-state index contributed by atoms with van der Waals surface area (Å²) >= 11 is 0. The molecular formula is C13H9FN2. The van der Waals surface area contributed by atoms with E-state index in [1.807, 2.05) is 0 Å². The van der Waals surface area contributed by atoms with Gasteiger partial charge in [0.1, 0.15) is 11.7 Å². The van der Waals surface area contributed by atoms with Crippen molar-refractivity contribution in [2.75, 3.05) is 0 Å². The van der Waals surface area contributed by atoms with Crippen molar-refractivity contribution in [2.45, 2.75) is 5.92 Å². The van der Waals surface area contributed by atoms with Crippen LogP contribution < -0.4 is 0 Å². The summed E-state index contributed by atoms with van der Waals surface area (Å²) in [6, 6.07) is 13.6. The molecule has 1 atom stereocenters. The van der Waals surface area contributed by atoms with E-state index in [9.17, 15) is 4.39 Å². The Morgan fingerprint density at radius 1 is 1.12 bits per heavy atom. The number of halogens is 1. The van der Waals surface area contributed by atoms with Crippen LogP contribution >= 0.6 is 0 Å². The zero-order chi connectivity index (χ0) is 11.4. The minimum absolute atomic E-state index is 0.365. The van der Waals surface area contributed by atoms with Gasteiger partial charge < -0.3 is 0 Å². The third-order valence-electron chi connectivity index (χ3n) is 2.33. The van der Waals surface area contributed by atoms with E-state index in [2.05, 4.69) is 11.1 Å². The van der Waals surface area contributed by atoms with Crippen LogP contribution in [0, 0.1) is 17.1 Å². The second-order valence-electron chi connectivity index (χ2n) is 3.34. The summed E-state index contributed by atoms with van der Waals surface area (Å²) in [5.74, 6) is -1.03. The number of nitrogens with zero attached hydrogens (tertiary/aromatic N) is 2. The Kier molecular flexibility index (Phi) is 2.93. The van der Waals surface area contributed by atoms with Gasteiger partial charge in [-0.2, -0.15) is 5.26 Å². The standard InChI is InChI=1S/C13H9FN2/c14-12-6-2-1-5-10(12)11(9-15)13-7-3-4-8-16-13/h1-8,11H. The van der Waals surface area contributed by atoms with Gasteiger partial charge in [0, 0.05) is 11.8 Å². The average Bonchev–Trinajstić information content (AvgIpc) is 2.34. The molecule has 0 N–H and O–H groups in total. The van der Waals surface area contributed by atoms with E-state index in [4.69, 9.17) is 5.26 Å². The quantitative estimate of drug-likeness (QED) is 0.767. The van der Waals surface area contributed by atoms with Crippen LogP contribution in [-0.4, -0.2) is 4.98 Å². The van der Waals surface area contributed by atoms with Crippen molar-refractivity contribution in [3.63, 3.8) is 0 Å². The summed E-state index contributed by atoms with van der Waals surface area (Å²) < 4.78 is 13.5. The van der Waals surface area contributed by atoms with Crippen molar-refractivity contribution in [3.05, 3.63) is 65.7 Å². The first kappa shape index (κ1) is 10.3. The Hall–Kier alpha value is -2.21. The van der Waals surface area contributed by atoms with Crippen molar-refractivity contribution < 1.29 is 4.39 Å². The van der Waals surface area contributed by atoms with Crippen molar-refractivity contribution in [1.29, 1.82) is 5.26 Å². The topological polar surface area (TPSA) is 36.7 Å². The van der Waals surface area contributed by atoms with E-state index in [0.29, 0.717) is 11.3 Å². The highest BCUT2D eigenvalue weighted by atomic mass is 19.1. The molecule has 0 saturated carbocycles. The Balaban J connectivity index is 2.47. The molecule has 1 heterocycles. The zero-order valence-corrected chi connectivity index (χ0v) is 8.47. The SMILES string of the molecule is N#CC(c1ccccn1)c1ccccc1F. The van der Waals surface area contributed by atoms with Crippen LogP contribution in [0.5, 0.6) is 0 Å². The first-order valence-corrected chi connectivity index (χ1v) is 4.88. The normalized spacial score (nSPS) is 11.8. The third kappa shape index (κ3) is 1.91. The maximum atomic E-state index is 13.5. The van der Waals surface area contributed by atoms with E-state index in [0.717, 1.165) is 0 Å². The summed E-state index contributed by atoms with van der Waals surface area (Å²) in [5, 5.41) is 9.10. The van der Waals surface area contributed by atoms with Crippen LogP contribution in [0.3, 0.4) is 0 Å². The van der Waals surface area contributed by atoms with Crippen LogP contribution in [0.25, 0.3) is 0 Å². The molecule has 0 aliphatic rings. The summed E-state index contributed by atoms with van der Waals surface area (Å²) in [6.07, 6.45) is 1.60. The third-order valence-corrected chi connectivity index (χ3v) is 2.33. The van der Waals surface area contributed by atoms with Crippen molar-refractivity contribution in [2.24, 2.45) is 0 Å². The number of benzene rings is 1. The predicted octanol–water partition coefficient (Wildman–Crippen LogP) is 2.88. The van der Waals surface area contributed by atoms with Crippen LogP contribution in [0.15, 0.2) is 48.7 Å². The average molecular weight is 212 g/mol. The van der Waals surface area contributed by atoms with Crippen LogP contribution in [0.2, 0.25) is 0 Å². The van der Waals surface area contributed by atoms with Gasteiger partial charge in [0.15, 0.2) is 0 Å². The molecule has 1 aromatic carbocycles. The van der Waals surface area contributed by atoms with E-state index in [-0.39, 0.29) is 5.82 Å². The molecule has 0 aliphatic carbocycles. The minimum atomic E-state index is -0.651. The molecular weight excluding hydrogens is 203 g/mol. The molecule has 0 bridgehead atoms. The monoisotopic (exact) mass is 212 g/mol. The predicted molar refractivity (Wildman–Crippen MR) is 58.1 cm³/mol. The molecule has 16 heavy (non-hydrogen) atoms. The molecule has 0 fully saturated rings. The molecule has 78 valence electrons. The number of hydrogen-bond donors (Lipinski definition) is 0. The Bertz CT molecular complexity index is 517. The van der Waals surface area contributed by atoms with Crippen LogP contribution in [0.4, 0.5) is 4.39 Å². The van der Waals surface area contributed by atoms with Gasteiger partial charge in [0.2, 0.25) is 0 Å². The molecule has 0 spiro atoms. The van der Waals surface area contributed by atoms with Crippen LogP contribution in [-0.2, 0) is 0 Å². The van der Waals surface area contributed by atoms with Crippen LogP contribution in [0.1, 0.15) is 17.2 Å². The number of nitriles is 1. The molecule has 1 unspecified atom stereocenters. The van der Waals surface area contributed by atoms with Gasteiger partial charge in [0.05, 0.1) is 11.8 Å². The van der Waals surface area contributed by atoms with Gasteiger partial charge in [-0.3, -0.25) is 4.98 Å². The molecule has 0 amide bonds. The number of pyridine rings is 1. The molecule has 0 aliphatic heterocycles. The highest BCUT2D eigenvalue weighted by Crippen LogP contribution is 2.24. The second kappa shape index (κ2) is 4.54. The largest absolute Gasteiger partial charge is 0.260 e. The maximum Gasteiger partial charge on any atom is 0.128 e. The van der Waals surface area contributed by atoms with Gasteiger partial charge in [-0.1, -0.05) is 24.3 Å². The smallest absolute Gasteiger partial charge is 0.128 e. The lowest BCUT2D eigenvalue weighted by atomic mass is 9.96. The molecule has 0 radical (unpaired) electrons. The van der Waals surface area contributed by atoms with Crippen molar-refractivity contribution in [3.8, 4) is 6.07 Å². The summed E-state index contributed by atoms with van der Waals surface area (Å²) in [5.41, 5.74) is 0.929. The highest BCUT2D eigenvalue weighted by molar-refractivity contribution is 5.35. The van der Waals surface area contributed by atoms with Crippen molar-refractivity contribution in [1.82, 2.24) is 4.98 Å². The summed E-state index contributed by atoms with van der Waals surface area (Å²) in [4.78, 5) is 4.08. The number of aromatic nitrogens is 1. The fourth-order valence-corrected chi connectivity index (χ4v) is 1.55. The molecule has 3 heteroatoms. The van der Waals surface area contributed by atoms with Gasteiger partial charge in [0.25, 0.3) is 0 Å². The molecule has 0 saturated heterocycles. The second-order valence-corrected chi connectivity index (χ2v) is 3.34. The summed E-state index contributed by atoms with van der Waals surface area (Å²) in [7, 11) is 0.